The van der Waals surface area contributed by atoms with Gasteiger partial charge in [0.15, 0.2) is 0 Å². The van der Waals surface area contributed by atoms with Crippen molar-refractivity contribution in [1.29, 1.82) is 0 Å². The third kappa shape index (κ3) is 3.60. The SMILES string of the molecule is CC(CC(=O)C1CCC1)OCC1(C(=O)O)CCCCC1. The number of carbonyl (C=O) groups is 2. The number of hydrogen-bond donors (Lipinski definition) is 1. The lowest BCUT2D eigenvalue weighted by molar-refractivity contribution is -0.157. The molecule has 0 amide bonds. The lowest BCUT2D eigenvalue weighted by Crippen LogP contribution is -2.39. The number of carbonyl (C=O) groups excluding carboxylic acids is 1. The van der Waals surface area contributed by atoms with E-state index in [1.165, 1.54) is 0 Å². The molecular weight excluding hydrogens is 256 g/mol. The zero-order valence-electron chi connectivity index (χ0n) is 12.4. The Morgan fingerprint density at radius 2 is 1.85 bits per heavy atom. The first kappa shape index (κ1) is 15.5. The van der Waals surface area contributed by atoms with Gasteiger partial charge in [-0.1, -0.05) is 25.7 Å². The Balaban J connectivity index is 1.79. The molecule has 0 aromatic carbocycles. The number of carboxylic acids is 1. The number of rotatable bonds is 7. The van der Waals surface area contributed by atoms with Crippen LogP contribution in [0.4, 0.5) is 0 Å². The van der Waals surface area contributed by atoms with Crippen molar-refractivity contribution in [3.05, 3.63) is 0 Å². The molecule has 2 fully saturated rings. The van der Waals surface area contributed by atoms with Crippen molar-refractivity contribution in [2.45, 2.75) is 70.8 Å². The zero-order chi connectivity index (χ0) is 14.6. The summed E-state index contributed by atoms with van der Waals surface area (Å²) in [6, 6.07) is 0. The molecular formula is C16H26O4. The third-order valence-electron chi connectivity index (χ3n) is 4.96. The van der Waals surface area contributed by atoms with Crippen LogP contribution in [0.2, 0.25) is 0 Å². The molecule has 2 aliphatic carbocycles. The molecule has 2 rings (SSSR count). The van der Waals surface area contributed by atoms with Crippen LogP contribution in [0.15, 0.2) is 0 Å². The first-order valence-electron chi connectivity index (χ1n) is 7.91. The third-order valence-corrected chi connectivity index (χ3v) is 4.96. The standard InChI is InChI=1S/C16H26O4/c1-12(10-14(17)13-6-5-7-13)20-11-16(15(18)19)8-3-2-4-9-16/h12-13H,2-11H2,1H3,(H,18,19). The van der Waals surface area contributed by atoms with E-state index in [1.807, 2.05) is 6.92 Å². The first-order valence-corrected chi connectivity index (χ1v) is 7.91. The van der Waals surface area contributed by atoms with Gasteiger partial charge in [0.25, 0.3) is 0 Å². The molecule has 0 bridgehead atoms. The predicted molar refractivity (Wildman–Crippen MR) is 75.5 cm³/mol. The Hall–Kier alpha value is -0.900. The van der Waals surface area contributed by atoms with Gasteiger partial charge in [-0.2, -0.15) is 0 Å². The summed E-state index contributed by atoms with van der Waals surface area (Å²) in [7, 11) is 0. The first-order chi connectivity index (χ1) is 9.53. The van der Waals surface area contributed by atoms with Crippen molar-refractivity contribution >= 4 is 11.8 Å². The van der Waals surface area contributed by atoms with Gasteiger partial charge in [0.05, 0.1) is 18.1 Å². The van der Waals surface area contributed by atoms with Crippen LogP contribution in [-0.4, -0.2) is 29.6 Å². The minimum absolute atomic E-state index is 0.166. The minimum atomic E-state index is -0.741. The smallest absolute Gasteiger partial charge is 0.311 e. The zero-order valence-corrected chi connectivity index (χ0v) is 12.4. The fraction of sp³-hybridized carbons (Fsp3) is 0.875. The summed E-state index contributed by atoms with van der Waals surface area (Å²) >= 11 is 0. The van der Waals surface area contributed by atoms with Gasteiger partial charge in [0.2, 0.25) is 0 Å². The molecule has 2 aliphatic rings. The Labute approximate surface area is 120 Å². The summed E-state index contributed by atoms with van der Waals surface area (Å²) in [5.74, 6) is -0.212. The summed E-state index contributed by atoms with van der Waals surface area (Å²) in [5, 5.41) is 9.47. The highest BCUT2D eigenvalue weighted by atomic mass is 16.5. The lowest BCUT2D eigenvalue weighted by atomic mass is 9.74. The van der Waals surface area contributed by atoms with Gasteiger partial charge >= 0.3 is 5.97 Å². The van der Waals surface area contributed by atoms with Gasteiger partial charge in [-0.15, -0.1) is 0 Å². The van der Waals surface area contributed by atoms with Gasteiger partial charge in [0.1, 0.15) is 5.78 Å². The molecule has 0 aromatic rings. The molecule has 0 spiro atoms. The molecule has 1 N–H and O–H groups in total. The van der Waals surface area contributed by atoms with E-state index in [0.29, 0.717) is 19.3 Å². The monoisotopic (exact) mass is 282 g/mol. The van der Waals surface area contributed by atoms with E-state index in [0.717, 1.165) is 38.5 Å². The van der Waals surface area contributed by atoms with Crippen LogP contribution in [0, 0.1) is 11.3 Å². The predicted octanol–water partition coefficient (Wildman–Crippen LogP) is 3.19. The number of carboxylic acid groups (broad SMARTS) is 1. The molecule has 1 atom stereocenters. The minimum Gasteiger partial charge on any atom is -0.481 e. The number of aliphatic carboxylic acids is 1. The Morgan fingerprint density at radius 3 is 2.35 bits per heavy atom. The normalized spacial score (nSPS) is 23.9. The van der Waals surface area contributed by atoms with Crippen molar-refractivity contribution < 1.29 is 19.4 Å². The highest BCUT2D eigenvalue weighted by molar-refractivity contribution is 5.82. The van der Waals surface area contributed by atoms with Gasteiger partial charge < -0.3 is 9.84 Å². The van der Waals surface area contributed by atoms with Crippen molar-refractivity contribution in [1.82, 2.24) is 0 Å². The van der Waals surface area contributed by atoms with Crippen LogP contribution >= 0.6 is 0 Å². The molecule has 2 saturated carbocycles. The number of Topliss-reactive ketones (excluding diaryl/α,β-unsaturated/α-hetero) is 1. The van der Waals surface area contributed by atoms with Crippen molar-refractivity contribution in [2.75, 3.05) is 6.61 Å². The topological polar surface area (TPSA) is 63.6 Å². The molecule has 0 heterocycles. The second-order valence-electron chi connectivity index (χ2n) is 6.57. The second kappa shape index (κ2) is 6.70. The van der Waals surface area contributed by atoms with Gasteiger partial charge in [-0.3, -0.25) is 9.59 Å². The number of hydrogen-bond acceptors (Lipinski definition) is 3. The van der Waals surface area contributed by atoms with Gasteiger partial charge in [-0.05, 0) is 32.6 Å². The van der Waals surface area contributed by atoms with Crippen molar-refractivity contribution in [3.8, 4) is 0 Å². The Bertz CT molecular complexity index is 353. The van der Waals surface area contributed by atoms with Crippen molar-refractivity contribution in [2.24, 2.45) is 11.3 Å². The van der Waals surface area contributed by atoms with Crippen LogP contribution in [0.3, 0.4) is 0 Å². The molecule has 114 valence electrons. The number of ether oxygens (including phenoxy) is 1. The maximum absolute atomic E-state index is 11.9. The summed E-state index contributed by atoms with van der Waals surface area (Å²) < 4.78 is 5.73. The quantitative estimate of drug-likeness (QED) is 0.779. The number of ketones is 1. The highest BCUT2D eigenvalue weighted by Gasteiger charge is 2.40. The van der Waals surface area contributed by atoms with Gasteiger partial charge in [-0.25, -0.2) is 0 Å². The van der Waals surface area contributed by atoms with Crippen LogP contribution in [0.1, 0.15) is 64.7 Å². The summed E-state index contributed by atoms with van der Waals surface area (Å²) in [6.45, 7) is 2.14. The molecule has 0 aliphatic heterocycles. The molecule has 0 aromatic heterocycles. The average molecular weight is 282 g/mol. The van der Waals surface area contributed by atoms with E-state index >= 15 is 0 Å². The van der Waals surface area contributed by atoms with Crippen LogP contribution in [-0.2, 0) is 14.3 Å². The van der Waals surface area contributed by atoms with E-state index in [9.17, 15) is 14.7 Å². The van der Waals surface area contributed by atoms with E-state index in [1.54, 1.807) is 0 Å². The molecule has 0 radical (unpaired) electrons. The summed E-state index contributed by atoms with van der Waals surface area (Å²) in [6.07, 6.45) is 7.91. The van der Waals surface area contributed by atoms with Crippen LogP contribution < -0.4 is 0 Å². The van der Waals surface area contributed by atoms with E-state index < -0.39 is 11.4 Å². The van der Waals surface area contributed by atoms with E-state index in [-0.39, 0.29) is 24.4 Å². The largest absolute Gasteiger partial charge is 0.481 e. The summed E-state index contributed by atoms with van der Waals surface area (Å²) in [4.78, 5) is 23.4. The maximum atomic E-state index is 11.9. The average Bonchev–Trinajstić information content (AvgIpc) is 2.35. The van der Waals surface area contributed by atoms with E-state index in [4.69, 9.17) is 4.74 Å². The highest BCUT2D eigenvalue weighted by Crippen LogP contribution is 2.37. The van der Waals surface area contributed by atoms with Gasteiger partial charge in [0, 0.05) is 12.3 Å². The fourth-order valence-electron chi connectivity index (χ4n) is 3.19. The second-order valence-corrected chi connectivity index (χ2v) is 6.57. The Morgan fingerprint density at radius 1 is 1.20 bits per heavy atom. The maximum Gasteiger partial charge on any atom is 0.311 e. The summed E-state index contributed by atoms with van der Waals surface area (Å²) in [5.41, 5.74) is -0.716. The Kier molecular flexibility index (Phi) is 5.19. The molecule has 1 unspecified atom stereocenters. The van der Waals surface area contributed by atoms with Crippen LogP contribution in [0.25, 0.3) is 0 Å². The van der Waals surface area contributed by atoms with E-state index in [2.05, 4.69) is 0 Å². The molecule has 0 saturated heterocycles. The molecule has 4 nitrogen and oxygen atoms in total. The fourth-order valence-corrected chi connectivity index (χ4v) is 3.19. The molecule has 4 heteroatoms. The molecule has 20 heavy (non-hydrogen) atoms. The van der Waals surface area contributed by atoms with Crippen molar-refractivity contribution in [3.63, 3.8) is 0 Å². The lowest BCUT2D eigenvalue weighted by Gasteiger charge is -2.34. The van der Waals surface area contributed by atoms with Crippen LogP contribution in [0.5, 0.6) is 0 Å².